The molecule has 1 saturated heterocycles. The van der Waals surface area contributed by atoms with Crippen molar-refractivity contribution >= 4 is 44.1 Å². The quantitative estimate of drug-likeness (QED) is 0.111. The van der Waals surface area contributed by atoms with Crippen LogP contribution in [0.1, 0.15) is 40.8 Å². The summed E-state index contributed by atoms with van der Waals surface area (Å²) in [5.74, 6) is -0.813. The largest absolute Gasteiger partial charge is 0.507 e. The van der Waals surface area contributed by atoms with Gasteiger partial charge in [0, 0.05) is 5.56 Å². The number of ketones is 1. The zero-order valence-electron chi connectivity index (χ0n) is 22.9. The molecule has 3 aromatic carbocycles. The van der Waals surface area contributed by atoms with Crippen molar-refractivity contribution in [3.63, 3.8) is 0 Å². The number of hydrogen-bond donors (Lipinski definition) is 1. The van der Waals surface area contributed by atoms with Crippen LogP contribution in [0.4, 0.5) is 5.13 Å². The van der Waals surface area contributed by atoms with Crippen LogP contribution in [0.25, 0.3) is 16.0 Å². The van der Waals surface area contributed by atoms with Crippen LogP contribution in [0, 0.1) is 20.8 Å². The fourth-order valence-corrected chi connectivity index (χ4v) is 6.07. The molecule has 4 aromatic rings. The van der Waals surface area contributed by atoms with Gasteiger partial charge in [-0.15, -0.1) is 0 Å². The van der Waals surface area contributed by atoms with Gasteiger partial charge in [-0.25, -0.2) is 4.98 Å². The molecule has 40 heavy (non-hydrogen) atoms. The van der Waals surface area contributed by atoms with Crippen molar-refractivity contribution in [2.75, 3.05) is 18.1 Å². The molecular formula is C32H30N2O5S. The van der Waals surface area contributed by atoms with E-state index in [0.717, 1.165) is 26.9 Å². The highest BCUT2D eigenvalue weighted by Crippen LogP contribution is 2.46. The lowest BCUT2D eigenvalue weighted by Crippen LogP contribution is -2.29. The van der Waals surface area contributed by atoms with Gasteiger partial charge in [0.15, 0.2) is 16.6 Å². The highest BCUT2D eigenvalue weighted by Gasteiger charge is 2.48. The first-order valence-corrected chi connectivity index (χ1v) is 13.8. The number of benzene rings is 3. The van der Waals surface area contributed by atoms with Crippen LogP contribution < -0.4 is 14.4 Å². The third kappa shape index (κ3) is 4.86. The van der Waals surface area contributed by atoms with Crippen molar-refractivity contribution in [3.8, 4) is 11.5 Å². The average Bonchev–Trinajstić information content (AvgIpc) is 3.46. The minimum Gasteiger partial charge on any atom is -0.507 e. The topological polar surface area (TPSA) is 89.0 Å². The van der Waals surface area contributed by atoms with E-state index in [4.69, 9.17) is 14.5 Å². The van der Waals surface area contributed by atoms with Crippen molar-refractivity contribution < 1.29 is 24.2 Å². The molecule has 204 valence electrons. The molecule has 1 amide bonds. The van der Waals surface area contributed by atoms with Gasteiger partial charge in [-0.2, -0.15) is 0 Å². The number of hydrogen-bond acceptors (Lipinski definition) is 7. The Morgan fingerprint density at radius 2 is 1.77 bits per heavy atom. The van der Waals surface area contributed by atoms with Gasteiger partial charge in [-0.05, 0) is 62.6 Å². The van der Waals surface area contributed by atoms with Gasteiger partial charge in [0.1, 0.15) is 12.4 Å². The van der Waals surface area contributed by atoms with Crippen LogP contribution >= 0.6 is 11.3 Å². The molecule has 1 aliphatic rings. The molecule has 2 heterocycles. The predicted octanol–water partition coefficient (Wildman–Crippen LogP) is 6.81. The van der Waals surface area contributed by atoms with E-state index in [-0.39, 0.29) is 17.9 Å². The van der Waals surface area contributed by atoms with Gasteiger partial charge >= 0.3 is 5.91 Å². The van der Waals surface area contributed by atoms with E-state index in [1.165, 1.54) is 16.2 Å². The minimum atomic E-state index is -0.934. The first-order chi connectivity index (χ1) is 19.2. The molecule has 0 saturated carbocycles. The third-order valence-electron chi connectivity index (χ3n) is 6.73. The second-order valence-corrected chi connectivity index (χ2v) is 10.7. The lowest BCUT2D eigenvalue weighted by Gasteiger charge is -2.24. The maximum Gasteiger partial charge on any atom is 0.301 e. The Morgan fingerprint density at radius 3 is 2.48 bits per heavy atom. The summed E-state index contributed by atoms with van der Waals surface area (Å²) in [6, 6.07) is 15.5. The summed E-state index contributed by atoms with van der Waals surface area (Å²) in [4.78, 5) is 33.5. The Bertz CT molecular complexity index is 1670. The number of amides is 1. The monoisotopic (exact) mass is 554 g/mol. The first-order valence-electron chi connectivity index (χ1n) is 13.0. The molecule has 1 atom stereocenters. The summed E-state index contributed by atoms with van der Waals surface area (Å²) < 4.78 is 12.5. The molecule has 0 bridgehead atoms. The number of Topliss-reactive ketones (excluding diaryl/α,β-unsaturated/α-hetero) is 1. The zero-order valence-corrected chi connectivity index (χ0v) is 23.7. The third-order valence-corrected chi connectivity index (χ3v) is 7.74. The number of aromatic nitrogens is 1. The summed E-state index contributed by atoms with van der Waals surface area (Å²) in [5, 5.41) is 11.8. The van der Waals surface area contributed by atoms with E-state index in [9.17, 15) is 14.7 Å². The number of nitrogens with zero attached hydrogens (tertiary/aromatic N) is 2. The van der Waals surface area contributed by atoms with Crippen molar-refractivity contribution in [1.82, 2.24) is 4.98 Å². The molecule has 7 nitrogen and oxygen atoms in total. The molecule has 0 aliphatic carbocycles. The number of aliphatic hydroxyl groups excluding tert-OH is 1. The van der Waals surface area contributed by atoms with Crippen molar-refractivity contribution in [2.24, 2.45) is 0 Å². The number of aliphatic hydroxyl groups is 1. The first kappa shape index (κ1) is 27.1. The highest BCUT2D eigenvalue weighted by atomic mass is 32.1. The van der Waals surface area contributed by atoms with Gasteiger partial charge in [0.25, 0.3) is 5.78 Å². The number of fused-ring (bicyclic) bond motifs is 1. The second-order valence-electron chi connectivity index (χ2n) is 9.70. The lowest BCUT2D eigenvalue weighted by molar-refractivity contribution is -0.132. The van der Waals surface area contributed by atoms with E-state index < -0.39 is 17.7 Å². The van der Waals surface area contributed by atoms with E-state index >= 15 is 0 Å². The fraction of sp³-hybridized carbons (Fsp3) is 0.219. The van der Waals surface area contributed by atoms with E-state index in [0.29, 0.717) is 34.4 Å². The number of ether oxygens (including phenoxy) is 2. The summed E-state index contributed by atoms with van der Waals surface area (Å²) >= 11 is 1.34. The van der Waals surface area contributed by atoms with Crippen molar-refractivity contribution in [1.29, 1.82) is 0 Å². The Labute approximate surface area is 237 Å². The number of aryl methyl sites for hydroxylation is 3. The summed E-state index contributed by atoms with van der Waals surface area (Å²) in [5.41, 5.74) is 4.85. The van der Waals surface area contributed by atoms with Crippen LogP contribution in [-0.2, 0) is 9.59 Å². The summed E-state index contributed by atoms with van der Waals surface area (Å²) in [7, 11) is 0. The van der Waals surface area contributed by atoms with Crippen molar-refractivity contribution in [2.45, 2.75) is 33.7 Å². The Balaban J connectivity index is 1.73. The number of thiazole rings is 1. The number of rotatable bonds is 8. The maximum atomic E-state index is 13.7. The average molecular weight is 555 g/mol. The van der Waals surface area contributed by atoms with Gasteiger partial charge < -0.3 is 14.6 Å². The van der Waals surface area contributed by atoms with Crippen LogP contribution in [0.3, 0.4) is 0 Å². The normalized spacial score (nSPS) is 16.5. The number of carbonyl (C=O) groups excluding carboxylic acids is 2. The summed E-state index contributed by atoms with van der Waals surface area (Å²) in [6.45, 7) is 12.1. The standard InChI is InChI=1S/C32H30N2O5S/c1-6-14-39-23-13-12-22(17-24(23)38-7-2)28-26(29(35)21-10-8-18(3)9-11-21)30(36)31(37)34(28)32-33-27-20(5)15-19(4)16-25(27)40-32/h6,8-13,15-17,28,35H,1,7,14H2,2-5H3. The molecular weight excluding hydrogens is 524 g/mol. The van der Waals surface area contributed by atoms with E-state index in [2.05, 4.69) is 6.58 Å². The van der Waals surface area contributed by atoms with E-state index in [1.54, 1.807) is 36.4 Å². The fourth-order valence-electron chi connectivity index (χ4n) is 4.91. The molecule has 0 spiro atoms. The molecule has 1 aromatic heterocycles. The Kier molecular flexibility index (Phi) is 7.45. The second kappa shape index (κ2) is 11.0. The maximum absolute atomic E-state index is 13.7. The Hall–Kier alpha value is -4.43. The molecule has 5 rings (SSSR count). The molecule has 0 radical (unpaired) electrons. The molecule has 1 N–H and O–H groups in total. The van der Waals surface area contributed by atoms with E-state index in [1.807, 2.05) is 52.0 Å². The smallest absolute Gasteiger partial charge is 0.301 e. The van der Waals surface area contributed by atoms with Crippen LogP contribution in [0.15, 0.2) is 72.8 Å². The lowest BCUT2D eigenvalue weighted by atomic mass is 9.95. The van der Waals surface area contributed by atoms with Crippen molar-refractivity contribution in [3.05, 3.63) is 101 Å². The molecule has 1 fully saturated rings. The van der Waals surface area contributed by atoms with Crippen LogP contribution in [-0.4, -0.2) is 35.0 Å². The predicted molar refractivity (Wildman–Crippen MR) is 158 cm³/mol. The zero-order chi connectivity index (χ0) is 28.6. The molecule has 1 aliphatic heterocycles. The Morgan fingerprint density at radius 1 is 1.02 bits per heavy atom. The molecule has 1 unspecified atom stereocenters. The van der Waals surface area contributed by atoms with Gasteiger partial charge in [0.2, 0.25) is 0 Å². The highest BCUT2D eigenvalue weighted by molar-refractivity contribution is 7.22. The number of anilines is 1. The van der Waals surface area contributed by atoms with Gasteiger partial charge in [0.05, 0.1) is 28.4 Å². The van der Waals surface area contributed by atoms with Gasteiger partial charge in [-0.3, -0.25) is 14.5 Å². The molecule has 8 heteroatoms. The summed E-state index contributed by atoms with van der Waals surface area (Å²) in [6.07, 6.45) is 1.64. The SMILES string of the molecule is C=CCOc1ccc(C2C(=C(O)c3ccc(C)cc3)C(=O)C(=O)N2c2nc3c(C)cc(C)cc3s2)cc1OCC. The van der Waals surface area contributed by atoms with Crippen LogP contribution in [0.2, 0.25) is 0 Å². The van der Waals surface area contributed by atoms with Crippen LogP contribution in [0.5, 0.6) is 11.5 Å². The van der Waals surface area contributed by atoms with Gasteiger partial charge in [-0.1, -0.05) is 66.0 Å². The minimum absolute atomic E-state index is 0.0109. The number of carbonyl (C=O) groups is 2.